The second kappa shape index (κ2) is 7.55. The van der Waals surface area contributed by atoms with Gasteiger partial charge in [0.05, 0.1) is 20.3 Å². The molecule has 1 saturated carbocycles. The molecule has 0 aliphatic heterocycles. The van der Waals surface area contributed by atoms with E-state index >= 15 is 0 Å². The molecule has 1 fully saturated rings. The number of benzene rings is 1. The van der Waals surface area contributed by atoms with Crippen molar-refractivity contribution in [1.82, 2.24) is 0 Å². The number of carbonyl (C=O) groups excluding carboxylic acids is 3. The van der Waals surface area contributed by atoms with Gasteiger partial charge in [0, 0.05) is 12.0 Å². The number of methoxy groups -OCH3 is 1. The summed E-state index contributed by atoms with van der Waals surface area (Å²) >= 11 is 0. The minimum atomic E-state index is -1.36. The molecule has 3 rings (SSSR count). The predicted molar refractivity (Wildman–Crippen MR) is 98.0 cm³/mol. The lowest BCUT2D eigenvalue weighted by Gasteiger charge is -2.24. The zero-order valence-corrected chi connectivity index (χ0v) is 15.9. The van der Waals surface area contributed by atoms with Crippen LogP contribution in [0.5, 0.6) is 5.75 Å². The van der Waals surface area contributed by atoms with Crippen LogP contribution in [-0.4, -0.2) is 38.0 Å². The number of ketones is 1. The van der Waals surface area contributed by atoms with E-state index in [1.165, 1.54) is 0 Å². The lowest BCUT2D eigenvalue weighted by molar-refractivity contribution is -0.171. The molecule has 1 aromatic rings. The third kappa shape index (κ3) is 3.24. The molecule has 0 bridgehead atoms. The number of hydrogen-bond acceptors (Lipinski definition) is 6. The van der Waals surface area contributed by atoms with Crippen LogP contribution >= 0.6 is 0 Å². The lowest BCUT2D eigenvalue weighted by atomic mass is 9.83. The monoisotopic (exact) mass is 372 g/mol. The summed E-state index contributed by atoms with van der Waals surface area (Å²) in [5.74, 6) is -0.520. The van der Waals surface area contributed by atoms with Gasteiger partial charge in [-0.25, -0.2) is 0 Å². The summed E-state index contributed by atoms with van der Waals surface area (Å²) in [4.78, 5) is 38.0. The second-order valence-corrected chi connectivity index (χ2v) is 6.86. The predicted octanol–water partition coefficient (Wildman–Crippen LogP) is 2.94. The smallest absolute Gasteiger partial charge is 0.323 e. The summed E-state index contributed by atoms with van der Waals surface area (Å²) in [7, 11) is 1.58. The van der Waals surface area contributed by atoms with Gasteiger partial charge in [0.2, 0.25) is 0 Å². The van der Waals surface area contributed by atoms with Crippen LogP contribution in [-0.2, 0) is 23.9 Å². The van der Waals surface area contributed by atoms with Gasteiger partial charge in [-0.1, -0.05) is 17.7 Å². The molecular weight excluding hydrogens is 348 g/mol. The van der Waals surface area contributed by atoms with Crippen molar-refractivity contribution < 1.29 is 28.6 Å². The van der Waals surface area contributed by atoms with Crippen molar-refractivity contribution in [3.8, 4) is 5.75 Å². The third-order valence-corrected chi connectivity index (χ3v) is 5.32. The molecule has 6 nitrogen and oxygen atoms in total. The number of fused-ring (bicyclic) bond motifs is 1. The molecule has 0 radical (unpaired) electrons. The number of hydrogen-bond donors (Lipinski definition) is 0. The van der Waals surface area contributed by atoms with Gasteiger partial charge in [0.25, 0.3) is 0 Å². The third-order valence-electron chi connectivity index (χ3n) is 5.32. The van der Waals surface area contributed by atoms with E-state index in [-0.39, 0.29) is 37.8 Å². The van der Waals surface area contributed by atoms with E-state index < -0.39 is 17.4 Å². The Kier molecular flexibility index (Phi) is 5.35. The molecule has 27 heavy (non-hydrogen) atoms. The fraction of sp³-hybridized carbons (Fsp3) is 0.476. The largest absolute Gasteiger partial charge is 0.497 e. The van der Waals surface area contributed by atoms with Crippen LogP contribution in [0.25, 0.3) is 5.57 Å². The molecule has 0 spiro atoms. The SMILES string of the molecule is CCOC(=O)C1(C(=O)OCC)CC2=C(c3ccc(OC)cc3)C(=O)C[C@H]2C1. The minimum absolute atomic E-state index is 0.0430. The summed E-state index contributed by atoms with van der Waals surface area (Å²) in [5, 5.41) is 0. The Bertz CT molecular complexity index is 771. The Hall–Kier alpha value is -2.63. The molecule has 144 valence electrons. The van der Waals surface area contributed by atoms with Gasteiger partial charge in [-0.05, 0) is 50.3 Å². The van der Waals surface area contributed by atoms with Gasteiger partial charge in [-0.2, -0.15) is 0 Å². The molecule has 6 heteroatoms. The van der Waals surface area contributed by atoms with E-state index in [9.17, 15) is 14.4 Å². The highest BCUT2D eigenvalue weighted by molar-refractivity contribution is 6.24. The van der Waals surface area contributed by atoms with Crippen LogP contribution in [0.2, 0.25) is 0 Å². The second-order valence-electron chi connectivity index (χ2n) is 6.86. The first kappa shape index (κ1) is 19.1. The Morgan fingerprint density at radius 2 is 1.67 bits per heavy atom. The van der Waals surface area contributed by atoms with Crippen molar-refractivity contribution in [1.29, 1.82) is 0 Å². The van der Waals surface area contributed by atoms with Gasteiger partial charge in [0.1, 0.15) is 5.75 Å². The maximum Gasteiger partial charge on any atom is 0.323 e. The highest BCUT2D eigenvalue weighted by atomic mass is 16.6. The van der Waals surface area contributed by atoms with Crippen molar-refractivity contribution in [3.63, 3.8) is 0 Å². The molecule has 2 aliphatic carbocycles. The van der Waals surface area contributed by atoms with Crippen LogP contribution in [0, 0.1) is 11.3 Å². The van der Waals surface area contributed by atoms with Crippen LogP contribution < -0.4 is 4.74 Å². The van der Waals surface area contributed by atoms with Gasteiger partial charge in [-0.3, -0.25) is 14.4 Å². The van der Waals surface area contributed by atoms with E-state index in [1.54, 1.807) is 33.1 Å². The number of ether oxygens (including phenoxy) is 3. The van der Waals surface area contributed by atoms with Crippen LogP contribution in [0.4, 0.5) is 0 Å². The molecule has 1 aromatic carbocycles. The summed E-state index contributed by atoms with van der Waals surface area (Å²) in [5.41, 5.74) is 0.885. The maximum atomic E-state index is 12.7. The number of rotatable bonds is 6. The van der Waals surface area contributed by atoms with Crippen molar-refractivity contribution in [2.45, 2.75) is 33.1 Å². The van der Waals surface area contributed by atoms with Crippen molar-refractivity contribution in [3.05, 3.63) is 35.4 Å². The normalized spacial score (nSPS) is 20.4. The summed E-state index contributed by atoms with van der Waals surface area (Å²) in [6.45, 7) is 3.79. The molecule has 1 atom stereocenters. The number of esters is 2. The van der Waals surface area contributed by atoms with Crippen molar-refractivity contribution >= 4 is 23.3 Å². The summed E-state index contributed by atoms with van der Waals surface area (Å²) < 4.78 is 15.6. The van der Waals surface area contributed by atoms with E-state index in [4.69, 9.17) is 14.2 Å². The van der Waals surface area contributed by atoms with E-state index in [1.807, 2.05) is 12.1 Å². The first-order valence-electron chi connectivity index (χ1n) is 9.22. The molecule has 0 aromatic heterocycles. The molecule has 0 heterocycles. The Labute approximate surface area is 158 Å². The molecule has 0 amide bonds. The van der Waals surface area contributed by atoms with Gasteiger partial charge < -0.3 is 14.2 Å². The Morgan fingerprint density at radius 1 is 1.07 bits per heavy atom. The highest BCUT2D eigenvalue weighted by Crippen LogP contribution is 2.54. The van der Waals surface area contributed by atoms with Gasteiger partial charge >= 0.3 is 11.9 Å². The van der Waals surface area contributed by atoms with E-state index in [2.05, 4.69) is 0 Å². The number of allylic oxidation sites excluding steroid dienone is 2. The number of carbonyl (C=O) groups is 3. The van der Waals surface area contributed by atoms with Crippen molar-refractivity contribution in [2.24, 2.45) is 11.3 Å². The van der Waals surface area contributed by atoms with Crippen LogP contribution in [0.1, 0.15) is 38.7 Å². The molecule has 2 aliphatic rings. The fourth-order valence-corrected chi connectivity index (χ4v) is 4.12. The lowest BCUT2D eigenvalue weighted by Crippen LogP contribution is -2.40. The van der Waals surface area contributed by atoms with Crippen LogP contribution in [0.15, 0.2) is 29.8 Å². The maximum absolute atomic E-state index is 12.7. The standard InChI is InChI=1S/C21H24O6/c1-4-26-19(23)21(20(24)27-5-2)11-14-10-17(22)18(16(14)12-21)13-6-8-15(25-3)9-7-13/h6-9,14H,4-5,10-12H2,1-3H3/t14-/m0/s1. The quantitative estimate of drug-likeness (QED) is 0.564. The van der Waals surface area contributed by atoms with Crippen molar-refractivity contribution in [2.75, 3.05) is 20.3 Å². The van der Waals surface area contributed by atoms with E-state index in [0.29, 0.717) is 17.7 Å². The summed E-state index contributed by atoms with van der Waals surface area (Å²) in [6, 6.07) is 7.25. The molecule has 0 N–H and O–H groups in total. The number of Topliss-reactive ketones (excluding diaryl/α,β-unsaturated/α-hetero) is 1. The Morgan fingerprint density at radius 3 is 2.19 bits per heavy atom. The Balaban J connectivity index is 2.02. The zero-order chi connectivity index (χ0) is 19.6. The first-order chi connectivity index (χ1) is 13.0. The zero-order valence-electron chi connectivity index (χ0n) is 15.9. The topological polar surface area (TPSA) is 78.9 Å². The van der Waals surface area contributed by atoms with Gasteiger partial charge in [0.15, 0.2) is 11.2 Å². The van der Waals surface area contributed by atoms with E-state index in [0.717, 1.165) is 11.1 Å². The average Bonchev–Trinajstić information content (AvgIpc) is 3.16. The minimum Gasteiger partial charge on any atom is -0.497 e. The van der Waals surface area contributed by atoms with Gasteiger partial charge in [-0.15, -0.1) is 0 Å². The fourth-order valence-electron chi connectivity index (χ4n) is 4.12. The average molecular weight is 372 g/mol. The van der Waals surface area contributed by atoms with Crippen LogP contribution in [0.3, 0.4) is 0 Å². The molecular formula is C21H24O6. The summed E-state index contributed by atoms with van der Waals surface area (Å²) in [6.07, 6.45) is 0.727. The molecule has 0 saturated heterocycles. The highest BCUT2D eigenvalue weighted by Gasteiger charge is 2.58. The molecule has 0 unspecified atom stereocenters. The first-order valence-corrected chi connectivity index (χ1v) is 9.22.